The summed E-state index contributed by atoms with van der Waals surface area (Å²) in [5.74, 6) is -0.0145. The lowest BCUT2D eigenvalue weighted by atomic mass is 9.76. The highest BCUT2D eigenvalue weighted by atomic mass is 16.4. The molecule has 6 N–H and O–H groups in total. The predicted octanol–water partition coefficient (Wildman–Crippen LogP) is -0.832. The summed E-state index contributed by atoms with van der Waals surface area (Å²) in [6, 6.07) is 6.78. The first-order chi connectivity index (χ1) is 9.43. The summed E-state index contributed by atoms with van der Waals surface area (Å²) >= 11 is 0. The zero-order valence-electron chi connectivity index (χ0n) is 10.7. The number of nitrogen functional groups attached to an aromatic ring is 2. The zero-order chi connectivity index (χ0) is 14.9. The number of aryl methyl sites for hydroxylation is 1. The van der Waals surface area contributed by atoms with Gasteiger partial charge in [-0.15, -0.1) is 0 Å². The molecule has 0 saturated heterocycles. The molecule has 100 valence electrons. The highest BCUT2D eigenvalue weighted by Gasteiger charge is 2.17. The molecule has 0 unspecified atom stereocenters. The first-order valence-electron chi connectivity index (χ1n) is 5.74. The quantitative estimate of drug-likeness (QED) is 0.521. The highest BCUT2D eigenvalue weighted by Crippen LogP contribution is 2.25. The van der Waals surface area contributed by atoms with E-state index in [0.29, 0.717) is 22.3 Å². The van der Waals surface area contributed by atoms with Crippen molar-refractivity contribution in [1.82, 2.24) is 9.97 Å². The van der Waals surface area contributed by atoms with Crippen molar-refractivity contribution in [3.05, 3.63) is 29.3 Å². The largest absolute Gasteiger partial charge is 0.488 e. The standard InChI is InChI=1S/C12H12BN5O2/c1-6-4-7(2-3-9(6)13(19)20)10-8(5-14)11(15)18-12(16)17-10/h2-4,19-20H,1H3,(H4,15,16,17,18). The van der Waals surface area contributed by atoms with Crippen LogP contribution < -0.4 is 16.9 Å². The molecule has 2 aromatic rings. The van der Waals surface area contributed by atoms with Crippen molar-refractivity contribution in [2.75, 3.05) is 11.5 Å². The molecule has 1 heterocycles. The molecule has 0 saturated carbocycles. The summed E-state index contributed by atoms with van der Waals surface area (Å²) in [5, 5.41) is 27.5. The molecule has 8 heteroatoms. The van der Waals surface area contributed by atoms with E-state index in [2.05, 4.69) is 9.97 Å². The predicted molar refractivity (Wildman–Crippen MR) is 75.6 cm³/mol. The number of nitrogens with zero attached hydrogens (tertiary/aromatic N) is 3. The molecule has 7 nitrogen and oxygen atoms in total. The molecule has 20 heavy (non-hydrogen) atoms. The maximum absolute atomic E-state index is 9.19. The van der Waals surface area contributed by atoms with Crippen molar-refractivity contribution >= 4 is 24.3 Å². The van der Waals surface area contributed by atoms with E-state index in [0.717, 1.165) is 0 Å². The Morgan fingerprint density at radius 3 is 2.50 bits per heavy atom. The van der Waals surface area contributed by atoms with Crippen LogP contribution in [0.1, 0.15) is 11.1 Å². The van der Waals surface area contributed by atoms with Gasteiger partial charge in [0.15, 0.2) is 0 Å². The minimum absolute atomic E-state index is 0.0129. The normalized spacial score (nSPS) is 10.1. The molecule has 2 rings (SSSR count). The monoisotopic (exact) mass is 269 g/mol. The van der Waals surface area contributed by atoms with Crippen LogP contribution in [0.4, 0.5) is 11.8 Å². The lowest BCUT2D eigenvalue weighted by Gasteiger charge is -2.10. The first-order valence-corrected chi connectivity index (χ1v) is 5.74. The average molecular weight is 269 g/mol. The van der Waals surface area contributed by atoms with Crippen molar-refractivity contribution in [3.8, 4) is 17.3 Å². The summed E-state index contributed by atoms with van der Waals surface area (Å²) in [6.45, 7) is 1.72. The summed E-state index contributed by atoms with van der Waals surface area (Å²) in [7, 11) is -1.56. The van der Waals surface area contributed by atoms with Crippen LogP contribution in [-0.4, -0.2) is 27.1 Å². The second-order valence-corrected chi connectivity index (χ2v) is 4.25. The molecule has 0 amide bonds. The van der Waals surface area contributed by atoms with Crippen LogP contribution in [0.15, 0.2) is 18.2 Å². The molecule has 0 atom stereocenters. The van der Waals surface area contributed by atoms with E-state index >= 15 is 0 Å². The van der Waals surface area contributed by atoms with Crippen molar-refractivity contribution < 1.29 is 10.0 Å². The fourth-order valence-electron chi connectivity index (χ4n) is 1.93. The fourth-order valence-corrected chi connectivity index (χ4v) is 1.93. The van der Waals surface area contributed by atoms with Gasteiger partial charge in [-0.25, -0.2) is 4.98 Å². The van der Waals surface area contributed by atoms with Gasteiger partial charge < -0.3 is 21.5 Å². The Balaban J connectivity index is 2.64. The summed E-state index contributed by atoms with van der Waals surface area (Å²) in [5.41, 5.74) is 13.3. The SMILES string of the molecule is Cc1cc(-c2nc(N)nc(N)c2C#N)ccc1B(O)O. The Morgan fingerprint density at radius 2 is 1.95 bits per heavy atom. The highest BCUT2D eigenvalue weighted by molar-refractivity contribution is 6.59. The second-order valence-electron chi connectivity index (χ2n) is 4.25. The van der Waals surface area contributed by atoms with Crippen LogP contribution in [0, 0.1) is 18.3 Å². The van der Waals surface area contributed by atoms with E-state index in [1.807, 2.05) is 6.07 Å². The molecule has 0 aliphatic heterocycles. The number of hydrogen-bond acceptors (Lipinski definition) is 7. The Morgan fingerprint density at radius 1 is 1.25 bits per heavy atom. The van der Waals surface area contributed by atoms with Crippen molar-refractivity contribution in [2.45, 2.75) is 6.92 Å². The van der Waals surface area contributed by atoms with Crippen LogP contribution in [0.25, 0.3) is 11.3 Å². The van der Waals surface area contributed by atoms with Crippen molar-refractivity contribution in [1.29, 1.82) is 5.26 Å². The van der Waals surface area contributed by atoms with E-state index < -0.39 is 7.12 Å². The Labute approximate surface area is 115 Å². The maximum Gasteiger partial charge on any atom is 0.488 e. The lowest BCUT2D eigenvalue weighted by molar-refractivity contribution is 0.425. The van der Waals surface area contributed by atoms with Crippen LogP contribution in [-0.2, 0) is 0 Å². The lowest BCUT2D eigenvalue weighted by Crippen LogP contribution is -2.31. The number of hydrogen-bond donors (Lipinski definition) is 4. The molecule has 0 spiro atoms. The van der Waals surface area contributed by atoms with E-state index in [1.165, 1.54) is 0 Å². The van der Waals surface area contributed by atoms with E-state index in [4.69, 9.17) is 16.7 Å². The molecule has 0 aliphatic rings. The molecule has 0 radical (unpaired) electrons. The van der Waals surface area contributed by atoms with Gasteiger partial charge in [-0.05, 0) is 12.4 Å². The topological polar surface area (TPSA) is 142 Å². The van der Waals surface area contributed by atoms with Crippen LogP contribution >= 0.6 is 0 Å². The van der Waals surface area contributed by atoms with Crippen LogP contribution in [0.3, 0.4) is 0 Å². The Bertz CT molecular complexity index is 712. The molecule has 0 fully saturated rings. The number of nitrogens with two attached hydrogens (primary N) is 2. The summed E-state index contributed by atoms with van der Waals surface area (Å²) in [4.78, 5) is 7.77. The van der Waals surface area contributed by atoms with Gasteiger partial charge in [-0.3, -0.25) is 0 Å². The van der Waals surface area contributed by atoms with Crippen molar-refractivity contribution in [2.24, 2.45) is 0 Å². The van der Waals surface area contributed by atoms with Gasteiger partial charge >= 0.3 is 7.12 Å². The molecule has 0 bridgehead atoms. The third-order valence-electron chi connectivity index (χ3n) is 2.89. The van der Waals surface area contributed by atoms with Gasteiger partial charge in [0, 0.05) is 5.56 Å². The molecule has 1 aromatic carbocycles. The van der Waals surface area contributed by atoms with Crippen LogP contribution in [0.2, 0.25) is 0 Å². The summed E-state index contributed by atoms with van der Waals surface area (Å²) in [6.07, 6.45) is 0. The average Bonchev–Trinajstić information content (AvgIpc) is 2.37. The zero-order valence-corrected chi connectivity index (χ0v) is 10.7. The smallest absolute Gasteiger partial charge is 0.423 e. The number of nitriles is 1. The number of benzene rings is 1. The van der Waals surface area contributed by atoms with Crippen LogP contribution in [0.5, 0.6) is 0 Å². The van der Waals surface area contributed by atoms with E-state index in [-0.39, 0.29) is 17.3 Å². The van der Waals surface area contributed by atoms with Gasteiger partial charge in [0.1, 0.15) is 17.5 Å². The first kappa shape index (κ1) is 13.8. The second kappa shape index (κ2) is 5.17. The van der Waals surface area contributed by atoms with Gasteiger partial charge in [0.25, 0.3) is 0 Å². The minimum Gasteiger partial charge on any atom is -0.423 e. The number of aromatic nitrogens is 2. The maximum atomic E-state index is 9.19. The third kappa shape index (κ3) is 2.40. The Hall–Kier alpha value is -2.63. The van der Waals surface area contributed by atoms with Gasteiger partial charge in [-0.2, -0.15) is 10.2 Å². The third-order valence-corrected chi connectivity index (χ3v) is 2.89. The minimum atomic E-state index is -1.56. The molecule has 1 aromatic heterocycles. The summed E-state index contributed by atoms with van der Waals surface area (Å²) < 4.78 is 0. The van der Waals surface area contributed by atoms with Gasteiger partial charge in [-0.1, -0.05) is 23.8 Å². The molecular formula is C12H12BN5O2. The number of anilines is 2. The fraction of sp³-hybridized carbons (Fsp3) is 0.0833. The van der Waals surface area contributed by atoms with E-state index in [9.17, 15) is 10.0 Å². The van der Waals surface area contributed by atoms with Gasteiger partial charge in [0.05, 0.1) is 5.69 Å². The van der Waals surface area contributed by atoms with E-state index in [1.54, 1.807) is 25.1 Å². The molecular weight excluding hydrogens is 257 g/mol. The molecule has 0 aliphatic carbocycles. The van der Waals surface area contributed by atoms with Crippen molar-refractivity contribution in [3.63, 3.8) is 0 Å². The number of rotatable bonds is 2. The van der Waals surface area contributed by atoms with Gasteiger partial charge in [0.2, 0.25) is 5.95 Å². The Kier molecular flexibility index (Phi) is 3.56.